The topological polar surface area (TPSA) is 109 Å². The minimum absolute atomic E-state index is 0.0558. The van der Waals surface area contributed by atoms with Crippen LogP contribution in [0, 0.1) is 0 Å². The van der Waals surface area contributed by atoms with Crippen molar-refractivity contribution in [1.82, 2.24) is 0 Å². The summed E-state index contributed by atoms with van der Waals surface area (Å²) in [5, 5.41) is 15.0. The van der Waals surface area contributed by atoms with Crippen LogP contribution in [-0.2, 0) is 9.53 Å². The fraction of sp³-hybridized carbons (Fsp3) is 0.154. The highest BCUT2D eigenvalue weighted by Gasteiger charge is 2.30. The number of nitrogens with zero attached hydrogens (tertiary/aromatic N) is 2. The highest BCUT2D eigenvalue weighted by molar-refractivity contribution is 6.35. The number of carboxylic acids is 1. The number of hydrogen-bond donors (Lipinski definition) is 1. The molecule has 0 saturated carbocycles. The molecule has 4 rings (SSSR count). The molecule has 3 aromatic rings. The highest BCUT2D eigenvalue weighted by Crippen LogP contribution is 2.31. The third kappa shape index (κ3) is 5.05. The van der Waals surface area contributed by atoms with Gasteiger partial charge in [-0.3, -0.25) is 4.79 Å². The van der Waals surface area contributed by atoms with E-state index in [0.29, 0.717) is 22.8 Å². The zero-order chi connectivity index (χ0) is 26.1. The molecule has 1 N–H and O–H groups in total. The first-order valence-electron chi connectivity index (χ1n) is 10.8. The molecule has 0 atom stereocenters. The molecule has 36 heavy (non-hydrogen) atoms. The van der Waals surface area contributed by atoms with Crippen molar-refractivity contribution in [2.75, 3.05) is 5.01 Å². The van der Waals surface area contributed by atoms with Gasteiger partial charge in [0.2, 0.25) is 0 Å². The van der Waals surface area contributed by atoms with Crippen molar-refractivity contribution in [1.29, 1.82) is 0 Å². The van der Waals surface area contributed by atoms with Crippen LogP contribution in [0.15, 0.2) is 63.6 Å². The second-order valence-corrected chi connectivity index (χ2v) is 8.99. The fourth-order valence-electron chi connectivity index (χ4n) is 3.51. The summed E-state index contributed by atoms with van der Waals surface area (Å²) in [6.45, 7) is 5.15. The lowest BCUT2D eigenvalue weighted by molar-refractivity contribution is -0.114. The van der Waals surface area contributed by atoms with Gasteiger partial charge in [-0.1, -0.05) is 23.2 Å². The van der Waals surface area contributed by atoms with E-state index >= 15 is 0 Å². The standard InChI is InChI=1S/C26H20Cl2N2O6/c1-13(2)35-26(34)20-10-15(4-7-22(20)28)23-9-6-17(36-23)12-18-14(3)29-30(24(18)31)16-5-8-21(27)19(11-16)25(32)33/h4-13H,1-3H3,(H,32,33)/b18-12-. The minimum atomic E-state index is -1.21. The van der Waals surface area contributed by atoms with Crippen molar-refractivity contribution in [2.24, 2.45) is 5.10 Å². The largest absolute Gasteiger partial charge is 0.478 e. The molecule has 0 unspecified atom stereocenters. The number of ether oxygens (including phenoxy) is 1. The van der Waals surface area contributed by atoms with Gasteiger partial charge in [-0.05, 0) is 75.4 Å². The van der Waals surface area contributed by atoms with Crippen molar-refractivity contribution in [2.45, 2.75) is 26.9 Å². The van der Waals surface area contributed by atoms with E-state index in [2.05, 4.69) is 5.10 Å². The van der Waals surface area contributed by atoms with E-state index in [1.54, 1.807) is 57.2 Å². The summed E-state index contributed by atoms with van der Waals surface area (Å²) >= 11 is 12.1. The maximum atomic E-state index is 13.1. The van der Waals surface area contributed by atoms with Gasteiger partial charge in [-0.2, -0.15) is 10.1 Å². The summed E-state index contributed by atoms with van der Waals surface area (Å²) in [5.41, 5.74) is 1.66. The van der Waals surface area contributed by atoms with Crippen molar-refractivity contribution in [3.8, 4) is 11.3 Å². The number of hydrazone groups is 1. The minimum Gasteiger partial charge on any atom is -0.478 e. The lowest BCUT2D eigenvalue weighted by Crippen LogP contribution is -2.21. The molecule has 2 aromatic carbocycles. The van der Waals surface area contributed by atoms with Crippen LogP contribution in [0.4, 0.5) is 5.69 Å². The van der Waals surface area contributed by atoms with Gasteiger partial charge in [0.1, 0.15) is 11.5 Å². The number of halogens is 2. The van der Waals surface area contributed by atoms with Crippen molar-refractivity contribution < 1.29 is 28.6 Å². The van der Waals surface area contributed by atoms with Gasteiger partial charge in [0.15, 0.2) is 0 Å². The Bertz CT molecular complexity index is 1450. The smallest absolute Gasteiger partial charge is 0.339 e. The van der Waals surface area contributed by atoms with Crippen LogP contribution in [0.3, 0.4) is 0 Å². The predicted molar refractivity (Wildman–Crippen MR) is 137 cm³/mol. The molecule has 0 spiro atoms. The molecule has 10 heteroatoms. The second kappa shape index (κ2) is 10.0. The summed E-state index contributed by atoms with van der Waals surface area (Å²) in [4.78, 5) is 36.8. The van der Waals surface area contributed by atoms with Crippen molar-refractivity contribution >= 4 is 58.5 Å². The van der Waals surface area contributed by atoms with E-state index in [1.807, 2.05) is 0 Å². The van der Waals surface area contributed by atoms with Gasteiger partial charge < -0.3 is 14.3 Å². The van der Waals surface area contributed by atoms with Gasteiger partial charge in [-0.25, -0.2) is 9.59 Å². The van der Waals surface area contributed by atoms with E-state index in [-0.39, 0.29) is 38.5 Å². The molecule has 1 aliphatic heterocycles. The Labute approximate surface area is 216 Å². The number of esters is 1. The predicted octanol–water partition coefficient (Wildman–Crippen LogP) is 6.32. The first-order chi connectivity index (χ1) is 17.0. The van der Waals surface area contributed by atoms with E-state index < -0.39 is 17.8 Å². The Kier molecular flexibility index (Phi) is 7.01. The Morgan fingerprint density at radius 1 is 1.06 bits per heavy atom. The summed E-state index contributed by atoms with van der Waals surface area (Å²) in [7, 11) is 0. The van der Waals surface area contributed by atoms with Crippen LogP contribution in [0.5, 0.6) is 0 Å². The van der Waals surface area contributed by atoms with Crippen LogP contribution in [0.1, 0.15) is 47.2 Å². The van der Waals surface area contributed by atoms with E-state index in [1.165, 1.54) is 18.2 Å². The lowest BCUT2D eigenvalue weighted by atomic mass is 10.1. The number of rotatable bonds is 6. The van der Waals surface area contributed by atoms with Gasteiger partial charge in [0, 0.05) is 5.56 Å². The van der Waals surface area contributed by atoms with Gasteiger partial charge >= 0.3 is 11.9 Å². The number of hydrogen-bond acceptors (Lipinski definition) is 6. The summed E-state index contributed by atoms with van der Waals surface area (Å²) in [6, 6.07) is 12.5. The van der Waals surface area contributed by atoms with Crippen LogP contribution in [0.2, 0.25) is 10.0 Å². The maximum absolute atomic E-state index is 13.1. The maximum Gasteiger partial charge on any atom is 0.339 e. The van der Waals surface area contributed by atoms with Gasteiger partial charge in [0.05, 0.1) is 44.2 Å². The molecule has 1 aromatic heterocycles. The first kappa shape index (κ1) is 25.2. The molecular weight excluding hydrogens is 507 g/mol. The Balaban J connectivity index is 1.61. The van der Waals surface area contributed by atoms with Crippen LogP contribution in [0.25, 0.3) is 17.4 Å². The van der Waals surface area contributed by atoms with Crippen molar-refractivity contribution in [3.63, 3.8) is 0 Å². The molecule has 8 nitrogen and oxygen atoms in total. The monoisotopic (exact) mass is 526 g/mol. The second-order valence-electron chi connectivity index (χ2n) is 8.18. The molecule has 0 bridgehead atoms. The summed E-state index contributed by atoms with van der Waals surface area (Å²) in [5.74, 6) is -1.36. The number of anilines is 1. The van der Waals surface area contributed by atoms with Crippen LogP contribution >= 0.6 is 23.2 Å². The fourth-order valence-corrected chi connectivity index (χ4v) is 3.90. The Hall–Kier alpha value is -3.88. The molecular formula is C26H20Cl2N2O6. The normalized spacial score (nSPS) is 14.5. The quantitative estimate of drug-likeness (QED) is 0.297. The Morgan fingerprint density at radius 2 is 1.75 bits per heavy atom. The number of amides is 1. The number of carbonyl (C=O) groups excluding carboxylic acids is 2. The van der Waals surface area contributed by atoms with E-state index in [9.17, 15) is 19.5 Å². The molecule has 184 valence electrons. The molecule has 0 radical (unpaired) electrons. The van der Waals surface area contributed by atoms with E-state index in [4.69, 9.17) is 32.4 Å². The molecule has 1 amide bonds. The van der Waals surface area contributed by atoms with Gasteiger partial charge in [-0.15, -0.1) is 0 Å². The third-order valence-corrected chi connectivity index (χ3v) is 5.87. The first-order valence-corrected chi connectivity index (χ1v) is 11.6. The SMILES string of the molecule is CC1=NN(c2ccc(Cl)c(C(=O)O)c2)C(=O)/C1=C\c1ccc(-c2ccc(Cl)c(C(=O)OC(C)C)c2)o1. The van der Waals surface area contributed by atoms with Crippen LogP contribution < -0.4 is 5.01 Å². The van der Waals surface area contributed by atoms with Crippen LogP contribution in [-0.4, -0.2) is 34.8 Å². The number of benzene rings is 2. The zero-order valence-electron chi connectivity index (χ0n) is 19.4. The number of furan rings is 1. The molecule has 1 aliphatic rings. The number of aromatic carboxylic acids is 1. The third-order valence-electron chi connectivity index (χ3n) is 5.21. The highest BCUT2D eigenvalue weighted by atomic mass is 35.5. The average Bonchev–Trinajstić information content (AvgIpc) is 3.39. The van der Waals surface area contributed by atoms with Gasteiger partial charge in [0.25, 0.3) is 5.91 Å². The summed E-state index contributed by atoms with van der Waals surface area (Å²) in [6.07, 6.45) is 1.25. The number of carboxylic acid groups (broad SMARTS) is 1. The number of carbonyl (C=O) groups is 3. The van der Waals surface area contributed by atoms with Crippen molar-refractivity contribution in [3.05, 3.63) is 81.0 Å². The molecule has 0 aliphatic carbocycles. The molecule has 0 saturated heterocycles. The van der Waals surface area contributed by atoms with E-state index in [0.717, 1.165) is 5.01 Å². The zero-order valence-corrected chi connectivity index (χ0v) is 20.9. The lowest BCUT2D eigenvalue weighted by Gasteiger charge is -2.12. The molecule has 2 heterocycles. The average molecular weight is 527 g/mol. The Morgan fingerprint density at radius 3 is 2.44 bits per heavy atom. The molecule has 0 fully saturated rings. The summed E-state index contributed by atoms with van der Waals surface area (Å²) < 4.78 is 11.1.